The fourth-order valence-corrected chi connectivity index (χ4v) is 2.93. The number of hydrogen-bond acceptors (Lipinski definition) is 3. The van der Waals surface area contributed by atoms with Crippen LogP contribution in [0.3, 0.4) is 0 Å². The van der Waals surface area contributed by atoms with Crippen LogP contribution in [0.25, 0.3) is 0 Å². The van der Waals surface area contributed by atoms with Crippen molar-refractivity contribution in [3.63, 3.8) is 0 Å². The van der Waals surface area contributed by atoms with Gasteiger partial charge >= 0.3 is 12.1 Å². The number of carbonyl (C=O) groups is 1. The number of fused-ring (bicyclic) bond motifs is 1. The lowest BCUT2D eigenvalue weighted by Gasteiger charge is -2.21. The minimum Gasteiger partial charge on any atom is -0.384 e. The monoisotopic (exact) mass is 349 g/mol. The van der Waals surface area contributed by atoms with Crippen molar-refractivity contribution in [2.45, 2.75) is 25.4 Å². The molecule has 1 aliphatic rings. The molecule has 8 heteroatoms. The van der Waals surface area contributed by atoms with Crippen LogP contribution < -0.4 is 11.1 Å². The second kappa shape index (κ2) is 7.40. The summed E-state index contributed by atoms with van der Waals surface area (Å²) >= 11 is 6.21. The molecular formula is C15H19ClF3N3O. The summed E-state index contributed by atoms with van der Waals surface area (Å²) in [5.41, 5.74) is 8.00. The highest BCUT2D eigenvalue weighted by atomic mass is 35.5. The van der Waals surface area contributed by atoms with Crippen LogP contribution in [0.2, 0.25) is 5.02 Å². The minimum absolute atomic E-state index is 0.0251. The molecule has 4 nitrogen and oxygen atoms in total. The number of alkyl halides is 3. The smallest absolute Gasteiger partial charge is 0.384 e. The zero-order valence-corrected chi connectivity index (χ0v) is 13.3. The molecule has 23 heavy (non-hydrogen) atoms. The molecule has 0 saturated heterocycles. The lowest BCUT2D eigenvalue weighted by atomic mass is 10.0. The summed E-state index contributed by atoms with van der Waals surface area (Å²) in [6.45, 7) is 1.25. The van der Waals surface area contributed by atoms with Gasteiger partial charge in [0, 0.05) is 19.6 Å². The van der Waals surface area contributed by atoms with Crippen LogP contribution >= 0.6 is 11.6 Å². The molecule has 0 unspecified atom stereocenters. The standard InChI is InChI=1S/C15H19ClF3N3O/c16-12-3-2-10-4-8-22(14(23)15(17,18)19)9-5-11(10)13(12)21-7-1-6-20/h2-3,21H,1,4-9,20H2. The zero-order valence-electron chi connectivity index (χ0n) is 12.5. The Morgan fingerprint density at radius 1 is 1.30 bits per heavy atom. The molecule has 0 aliphatic carbocycles. The van der Waals surface area contributed by atoms with Crippen molar-refractivity contribution in [3.05, 3.63) is 28.3 Å². The summed E-state index contributed by atoms with van der Waals surface area (Å²) in [5, 5.41) is 3.73. The van der Waals surface area contributed by atoms with Gasteiger partial charge in [0.25, 0.3) is 0 Å². The molecule has 0 aromatic heterocycles. The average molecular weight is 350 g/mol. The molecule has 0 spiro atoms. The van der Waals surface area contributed by atoms with Gasteiger partial charge in [0.05, 0.1) is 10.7 Å². The maximum atomic E-state index is 12.6. The molecule has 2 rings (SSSR count). The van der Waals surface area contributed by atoms with Crippen molar-refractivity contribution in [1.29, 1.82) is 0 Å². The van der Waals surface area contributed by atoms with E-state index in [1.165, 1.54) is 0 Å². The molecule has 1 heterocycles. The van der Waals surface area contributed by atoms with E-state index in [9.17, 15) is 18.0 Å². The van der Waals surface area contributed by atoms with E-state index in [4.69, 9.17) is 17.3 Å². The summed E-state index contributed by atoms with van der Waals surface area (Å²) in [6.07, 6.45) is -3.36. The van der Waals surface area contributed by atoms with E-state index in [1.807, 2.05) is 6.07 Å². The SMILES string of the molecule is NCCCNc1c(Cl)ccc2c1CCN(C(=O)C(F)(F)F)CC2. The average Bonchev–Trinajstić information content (AvgIpc) is 2.70. The second-order valence-electron chi connectivity index (χ2n) is 5.42. The lowest BCUT2D eigenvalue weighted by molar-refractivity contribution is -0.185. The van der Waals surface area contributed by atoms with E-state index in [-0.39, 0.29) is 13.1 Å². The van der Waals surface area contributed by atoms with Gasteiger partial charge in [-0.15, -0.1) is 0 Å². The molecule has 1 aromatic carbocycles. The predicted octanol–water partition coefficient (Wildman–Crippen LogP) is 2.59. The van der Waals surface area contributed by atoms with Crippen molar-refractivity contribution in [1.82, 2.24) is 4.90 Å². The van der Waals surface area contributed by atoms with Crippen LogP contribution in [0.4, 0.5) is 18.9 Å². The van der Waals surface area contributed by atoms with E-state index in [0.29, 0.717) is 31.0 Å². The third-order valence-corrected chi connectivity index (χ3v) is 4.17. The van der Waals surface area contributed by atoms with E-state index < -0.39 is 12.1 Å². The van der Waals surface area contributed by atoms with Crippen LogP contribution in [0, 0.1) is 0 Å². The van der Waals surface area contributed by atoms with Gasteiger partial charge in [-0.05, 0) is 43.0 Å². The highest BCUT2D eigenvalue weighted by Crippen LogP contribution is 2.32. The van der Waals surface area contributed by atoms with Crippen LogP contribution in [0.5, 0.6) is 0 Å². The molecule has 128 valence electrons. The first-order valence-corrected chi connectivity index (χ1v) is 7.82. The zero-order chi connectivity index (χ0) is 17.0. The largest absolute Gasteiger partial charge is 0.471 e. The van der Waals surface area contributed by atoms with Crippen molar-refractivity contribution >= 4 is 23.2 Å². The highest BCUT2D eigenvalue weighted by Gasteiger charge is 2.42. The number of benzene rings is 1. The Morgan fingerprint density at radius 2 is 2.00 bits per heavy atom. The molecule has 3 N–H and O–H groups in total. The Morgan fingerprint density at radius 3 is 2.65 bits per heavy atom. The van der Waals surface area contributed by atoms with Crippen molar-refractivity contribution < 1.29 is 18.0 Å². The number of amides is 1. The Labute approximate surface area is 137 Å². The Hall–Kier alpha value is -1.47. The van der Waals surface area contributed by atoms with Gasteiger partial charge in [0.2, 0.25) is 0 Å². The summed E-state index contributed by atoms with van der Waals surface area (Å²) in [7, 11) is 0. The van der Waals surface area contributed by atoms with Crippen molar-refractivity contribution in [3.8, 4) is 0 Å². The van der Waals surface area contributed by atoms with Gasteiger partial charge in [-0.2, -0.15) is 13.2 Å². The highest BCUT2D eigenvalue weighted by molar-refractivity contribution is 6.33. The normalized spacial score (nSPS) is 15.1. The first kappa shape index (κ1) is 17.9. The first-order chi connectivity index (χ1) is 10.8. The summed E-state index contributed by atoms with van der Waals surface area (Å²) in [6, 6.07) is 3.54. The summed E-state index contributed by atoms with van der Waals surface area (Å²) in [5.74, 6) is -1.78. The molecular weight excluding hydrogens is 331 g/mol. The molecule has 1 aliphatic heterocycles. The summed E-state index contributed by atoms with van der Waals surface area (Å²) < 4.78 is 37.8. The molecule has 0 fully saturated rings. The number of anilines is 1. The van der Waals surface area contributed by atoms with E-state index in [0.717, 1.165) is 28.1 Å². The van der Waals surface area contributed by atoms with Gasteiger partial charge in [-0.1, -0.05) is 17.7 Å². The molecule has 1 aromatic rings. The molecule has 1 amide bonds. The molecule has 0 atom stereocenters. The third-order valence-electron chi connectivity index (χ3n) is 3.85. The topological polar surface area (TPSA) is 58.4 Å². The quantitative estimate of drug-likeness (QED) is 0.821. The Balaban J connectivity index is 2.19. The number of nitrogens with zero attached hydrogens (tertiary/aromatic N) is 1. The first-order valence-electron chi connectivity index (χ1n) is 7.45. The fourth-order valence-electron chi connectivity index (χ4n) is 2.69. The van der Waals surface area contributed by atoms with E-state index in [2.05, 4.69) is 5.32 Å². The maximum Gasteiger partial charge on any atom is 0.471 e. The van der Waals surface area contributed by atoms with Crippen LogP contribution in [-0.2, 0) is 17.6 Å². The molecule has 0 radical (unpaired) electrons. The van der Waals surface area contributed by atoms with Gasteiger partial charge in [-0.3, -0.25) is 4.79 Å². The predicted molar refractivity (Wildman–Crippen MR) is 83.7 cm³/mol. The van der Waals surface area contributed by atoms with Crippen molar-refractivity contribution in [2.75, 3.05) is 31.5 Å². The van der Waals surface area contributed by atoms with Crippen LogP contribution in [0.15, 0.2) is 12.1 Å². The second-order valence-corrected chi connectivity index (χ2v) is 5.83. The van der Waals surface area contributed by atoms with Gasteiger partial charge in [0.15, 0.2) is 0 Å². The minimum atomic E-state index is -4.84. The number of nitrogens with one attached hydrogen (secondary N) is 1. The van der Waals surface area contributed by atoms with Crippen molar-refractivity contribution in [2.24, 2.45) is 5.73 Å². The Kier molecular flexibility index (Phi) is 5.75. The van der Waals surface area contributed by atoms with Crippen LogP contribution in [0.1, 0.15) is 17.5 Å². The van der Waals surface area contributed by atoms with E-state index >= 15 is 0 Å². The number of nitrogens with two attached hydrogens (primary N) is 1. The lowest BCUT2D eigenvalue weighted by Crippen LogP contribution is -2.42. The number of halogens is 4. The van der Waals surface area contributed by atoms with E-state index in [1.54, 1.807) is 6.07 Å². The Bertz CT molecular complexity index is 578. The summed E-state index contributed by atoms with van der Waals surface area (Å²) in [4.78, 5) is 12.3. The van der Waals surface area contributed by atoms with Gasteiger partial charge in [-0.25, -0.2) is 0 Å². The molecule has 0 bridgehead atoms. The maximum absolute atomic E-state index is 12.6. The molecule has 0 saturated carbocycles. The third kappa shape index (κ3) is 4.29. The van der Waals surface area contributed by atoms with Crippen LogP contribution in [-0.4, -0.2) is 43.2 Å². The van der Waals surface area contributed by atoms with Gasteiger partial charge in [0.1, 0.15) is 0 Å². The van der Waals surface area contributed by atoms with Gasteiger partial charge < -0.3 is 16.0 Å². The number of hydrogen-bond donors (Lipinski definition) is 2. The number of rotatable bonds is 4. The fraction of sp³-hybridized carbons (Fsp3) is 0.533. The number of carbonyl (C=O) groups excluding carboxylic acids is 1.